The van der Waals surface area contributed by atoms with Crippen LogP contribution in [0.25, 0.3) is 0 Å². The van der Waals surface area contributed by atoms with E-state index in [4.69, 9.17) is 21.3 Å². The van der Waals surface area contributed by atoms with Crippen molar-refractivity contribution in [3.05, 3.63) is 30.6 Å². The molecule has 2 heterocycles. The van der Waals surface area contributed by atoms with Crippen LogP contribution in [0, 0.1) is 0 Å². The lowest BCUT2D eigenvalue weighted by atomic mass is 10.3. The molecule has 8 heteroatoms. The van der Waals surface area contributed by atoms with Gasteiger partial charge in [0, 0.05) is 11.8 Å². The third-order valence-electron chi connectivity index (χ3n) is 2.96. The standard InChI is InChI=1S/C13H13ClN5O2/c1-20-10-4-3-9(7-11(10)21-2)16-13-17-12-8-15-5-6-19(12,14)18-13/h3-8H,1-2H3,(H,16,18)/q+1. The second-order valence-corrected chi connectivity index (χ2v) is 4.78. The molecule has 0 bridgehead atoms. The molecule has 0 aromatic heterocycles. The van der Waals surface area contributed by atoms with Gasteiger partial charge in [0.05, 0.1) is 20.4 Å². The van der Waals surface area contributed by atoms with Gasteiger partial charge in [-0.2, -0.15) is 0 Å². The van der Waals surface area contributed by atoms with Crippen molar-refractivity contribution < 1.29 is 13.6 Å². The van der Waals surface area contributed by atoms with Gasteiger partial charge in [-0.05, 0) is 21.3 Å². The summed E-state index contributed by atoms with van der Waals surface area (Å²) in [4.78, 5) is 8.28. The number of quaternary nitrogens is 1. The zero-order valence-corrected chi connectivity index (χ0v) is 12.2. The van der Waals surface area contributed by atoms with Crippen LogP contribution in [0.2, 0.25) is 0 Å². The maximum Gasteiger partial charge on any atom is 0.300 e. The van der Waals surface area contributed by atoms with E-state index < -0.39 is 0 Å². The fraction of sp³-hybridized carbons (Fsp3) is 0.154. The van der Waals surface area contributed by atoms with Crippen LogP contribution in [0.4, 0.5) is 5.69 Å². The van der Waals surface area contributed by atoms with Gasteiger partial charge in [-0.25, -0.2) is 0 Å². The Morgan fingerprint density at radius 1 is 1.19 bits per heavy atom. The molecule has 0 saturated heterocycles. The number of rotatable bonds is 3. The Labute approximate surface area is 126 Å². The van der Waals surface area contributed by atoms with Crippen molar-refractivity contribution in [2.24, 2.45) is 15.1 Å². The molecule has 0 aliphatic carbocycles. The van der Waals surface area contributed by atoms with E-state index in [0.29, 0.717) is 23.3 Å². The molecule has 0 fully saturated rings. The first-order chi connectivity index (χ1) is 10.1. The molecule has 0 spiro atoms. The third kappa shape index (κ3) is 2.48. The molecule has 1 aromatic rings. The molecule has 7 nitrogen and oxygen atoms in total. The van der Waals surface area contributed by atoms with Gasteiger partial charge in [0.15, 0.2) is 17.7 Å². The summed E-state index contributed by atoms with van der Waals surface area (Å²) < 4.78 is 10.2. The van der Waals surface area contributed by atoms with E-state index in [1.807, 2.05) is 6.07 Å². The number of anilines is 1. The molecule has 0 radical (unpaired) electrons. The predicted octanol–water partition coefficient (Wildman–Crippen LogP) is 2.33. The number of aliphatic imine (C=N–C) groups is 2. The maximum absolute atomic E-state index is 6.30. The SMILES string of the molecule is COc1ccc(NC2=N[N+]3(Cl)C=CN=CC3=N2)cc1OC. The van der Waals surface area contributed by atoms with Crippen LogP contribution < -0.4 is 14.8 Å². The van der Waals surface area contributed by atoms with E-state index in [1.165, 1.54) is 0 Å². The number of halogens is 1. The largest absolute Gasteiger partial charge is 0.493 e. The van der Waals surface area contributed by atoms with Gasteiger partial charge >= 0.3 is 0 Å². The number of guanidine groups is 1. The fourth-order valence-electron chi connectivity index (χ4n) is 1.94. The van der Waals surface area contributed by atoms with Crippen LogP contribution in [0.5, 0.6) is 11.5 Å². The van der Waals surface area contributed by atoms with Gasteiger partial charge in [0.2, 0.25) is 11.8 Å². The average molecular weight is 307 g/mol. The van der Waals surface area contributed by atoms with E-state index >= 15 is 0 Å². The molecule has 0 saturated carbocycles. The van der Waals surface area contributed by atoms with Crippen molar-refractivity contribution in [3.63, 3.8) is 0 Å². The lowest BCUT2D eigenvalue weighted by Crippen LogP contribution is -2.33. The molecule has 21 heavy (non-hydrogen) atoms. The monoisotopic (exact) mass is 306 g/mol. The lowest BCUT2D eigenvalue weighted by Gasteiger charge is -2.12. The summed E-state index contributed by atoms with van der Waals surface area (Å²) in [5.74, 6) is 2.19. The van der Waals surface area contributed by atoms with Gasteiger partial charge in [0.25, 0.3) is 11.8 Å². The maximum atomic E-state index is 6.30. The van der Waals surface area contributed by atoms with E-state index in [2.05, 4.69) is 20.4 Å². The lowest BCUT2D eigenvalue weighted by molar-refractivity contribution is -0.659. The summed E-state index contributed by atoms with van der Waals surface area (Å²) in [6.07, 6.45) is 4.78. The van der Waals surface area contributed by atoms with Crippen LogP contribution in [0.15, 0.2) is 45.7 Å². The van der Waals surface area contributed by atoms with Gasteiger partial charge in [-0.1, -0.05) is 0 Å². The molecule has 2 aliphatic rings. The first-order valence-corrected chi connectivity index (χ1v) is 6.46. The second-order valence-electron chi connectivity index (χ2n) is 4.27. The molecule has 1 unspecified atom stereocenters. The molecular formula is C13H13ClN5O2+. The van der Waals surface area contributed by atoms with Crippen molar-refractivity contribution in [2.75, 3.05) is 19.5 Å². The van der Waals surface area contributed by atoms with Crippen LogP contribution in [0.1, 0.15) is 0 Å². The summed E-state index contributed by atoms with van der Waals surface area (Å²) in [5.41, 5.74) is 0.764. The fourth-order valence-corrected chi connectivity index (χ4v) is 2.15. The third-order valence-corrected chi connectivity index (χ3v) is 3.32. The minimum atomic E-state index is -0.265. The Balaban J connectivity index is 1.85. The number of methoxy groups -OCH3 is 2. The van der Waals surface area contributed by atoms with Gasteiger partial charge < -0.3 is 14.8 Å². The van der Waals surface area contributed by atoms with Crippen molar-refractivity contribution in [1.82, 2.24) is 0 Å². The van der Waals surface area contributed by atoms with Crippen LogP contribution in [-0.4, -0.2) is 36.3 Å². The molecule has 1 aromatic carbocycles. The second kappa shape index (κ2) is 5.19. The number of benzene rings is 1. The number of ether oxygens (including phenoxy) is 2. The summed E-state index contributed by atoms with van der Waals surface area (Å²) in [7, 11) is 3.17. The Hall–Kier alpha value is -2.38. The first-order valence-electron chi connectivity index (χ1n) is 6.12. The highest BCUT2D eigenvalue weighted by molar-refractivity contribution is 6.36. The van der Waals surface area contributed by atoms with Crippen molar-refractivity contribution in [3.8, 4) is 11.5 Å². The first kappa shape index (κ1) is 13.6. The number of amidine groups is 1. The van der Waals surface area contributed by atoms with E-state index in [0.717, 1.165) is 5.69 Å². The Kier molecular flexibility index (Phi) is 3.36. The van der Waals surface area contributed by atoms with Crippen molar-refractivity contribution in [2.45, 2.75) is 0 Å². The average Bonchev–Trinajstić information content (AvgIpc) is 2.82. The van der Waals surface area contributed by atoms with Crippen molar-refractivity contribution >= 4 is 35.5 Å². The number of hydrogen-bond acceptors (Lipinski definition) is 6. The van der Waals surface area contributed by atoms with Gasteiger partial charge in [0.1, 0.15) is 6.21 Å². The minimum Gasteiger partial charge on any atom is -0.493 e. The number of nitrogens with zero attached hydrogens (tertiary/aromatic N) is 4. The molecular weight excluding hydrogens is 294 g/mol. The van der Waals surface area contributed by atoms with Gasteiger partial charge in [-0.15, -0.1) is 4.99 Å². The minimum absolute atomic E-state index is 0.265. The van der Waals surface area contributed by atoms with E-state index in [9.17, 15) is 0 Å². The highest BCUT2D eigenvalue weighted by atomic mass is 35.5. The zero-order valence-electron chi connectivity index (χ0n) is 11.4. The molecule has 1 atom stereocenters. The Morgan fingerprint density at radius 2 is 2.00 bits per heavy atom. The molecule has 2 aliphatic heterocycles. The quantitative estimate of drug-likeness (QED) is 0.871. The summed E-state index contributed by atoms with van der Waals surface area (Å²) in [6, 6.07) is 5.43. The van der Waals surface area contributed by atoms with E-state index in [-0.39, 0.29) is 4.11 Å². The highest BCUT2D eigenvalue weighted by Crippen LogP contribution is 2.30. The predicted molar refractivity (Wildman–Crippen MR) is 81.8 cm³/mol. The summed E-state index contributed by atoms with van der Waals surface area (Å²) in [6.45, 7) is 0. The highest BCUT2D eigenvalue weighted by Gasteiger charge is 2.39. The Bertz CT molecular complexity index is 698. The number of hydrogen-bond donors (Lipinski definition) is 1. The summed E-state index contributed by atoms with van der Waals surface area (Å²) in [5, 5.41) is 7.37. The normalized spacial score (nSPS) is 22.4. The smallest absolute Gasteiger partial charge is 0.300 e. The molecule has 3 rings (SSSR count). The number of fused-ring (bicyclic) bond motifs is 1. The topological polar surface area (TPSA) is 67.6 Å². The summed E-state index contributed by atoms with van der Waals surface area (Å²) >= 11 is 6.30. The molecule has 1 N–H and O–H groups in total. The Morgan fingerprint density at radius 3 is 2.71 bits per heavy atom. The van der Waals surface area contributed by atoms with E-state index in [1.54, 1.807) is 45.0 Å². The van der Waals surface area contributed by atoms with Crippen LogP contribution in [-0.2, 0) is 0 Å². The van der Waals surface area contributed by atoms with Gasteiger partial charge in [-0.3, -0.25) is 4.99 Å². The van der Waals surface area contributed by atoms with Crippen LogP contribution in [0.3, 0.4) is 0 Å². The number of nitrogens with one attached hydrogen (secondary N) is 1. The molecule has 108 valence electrons. The molecule has 0 amide bonds. The zero-order chi connectivity index (χ0) is 14.9. The van der Waals surface area contributed by atoms with Crippen LogP contribution >= 0.6 is 11.8 Å². The van der Waals surface area contributed by atoms with Crippen molar-refractivity contribution in [1.29, 1.82) is 0 Å².